The van der Waals surface area contributed by atoms with Crippen LogP contribution in [0.1, 0.15) is 55.4 Å². The molecule has 0 bridgehead atoms. The molecule has 0 radical (unpaired) electrons. The third-order valence-corrected chi connectivity index (χ3v) is 8.85. The Labute approximate surface area is 245 Å². The highest BCUT2D eigenvalue weighted by atomic mass is 32.2. The summed E-state index contributed by atoms with van der Waals surface area (Å²) >= 11 is 6.88. The second kappa shape index (κ2) is 12.9. The molecule has 0 spiro atoms. The standard InChI is InChI=1S/C30H36N4O4S2/c1-6-12-33-27(32-13-7-8-19(2)18-32)22(20(3)23(17-31)28(33)35)16-26-29(36)34(30(39)40-26)14-11-21-9-10-24(37-4)25(15-21)38-5/h9-10,15-16,19H,6-8,11-14,18H2,1-5H3/b26-16-. The van der Waals surface area contributed by atoms with E-state index in [0.717, 1.165) is 49.3 Å². The van der Waals surface area contributed by atoms with Gasteiger partial charge >= 0.3 is 0 Å². The van der Waals surface area contributed by atoms with Crippen LogP contribution in [0.2, 0.25) is 0 Å². The maximum Gasteiger partial charge on any atom is 0.270 e. The molecule has 40 heavy (non-hydrogen) atoms. The van der Waals surface area contributed by atoms with Gasteiger partial charge in [0.1, 0.15) is 21.8 Å². The SMILES string of the molecule is CCCn1c(N2CCCC(C)C2)c(/C=C2\SC(=S)N(CCc3ccc(OC)c(OC)c3)C2=O)c(C)c(C#N)c1=O. The lowest BCUT2D eigenvalue weighted by Crippen LogP contribution is -2.40. The van der Waals surface area contributed by atoms with Crippen molar-refractivity contribution in [3.63, 3.8) is 0 Å². The van der Waals surface area contributed by atoms with Gasteiger partial charge in [0, 0.05) is 31.7 Å². The van der Waals surface area contributed by atoms with Gasteiger partial charge in [-0.2, -0.15) is 5.26 Å². The van der Waals surface area contributed by atoms with Crippen molar-refractivity contribution in [3.05, 3.63) is 55.7 Å². The normalized spacial score (nSPS) is 18.4. The molecule has 2 aliphatic heterocycles. The summed E-state index contributed by atoms with van der Waals surface area (Å²) in [6, 6.07) is 7.83. The lowest BCUT2D eigenvalue weighted by Gasteiger charge is -2.36. The number of pyridine rings is 1. The van der Waals surface area contributed by atoms with E-state index in [9.17, 15) is 14.9 Å². The van der Waals surface area contributed by atoms with E-state index in [1.165, 1.54) is 11.8 Å². The molecule has 2 fully saturated rings. The first-order valence-electron chi connectivity index (χ1n) is 13.6. The van der Waals surface area contributed by atoms with E-state index in [-0.39, 0.29) is 17.0 Å². The van der Waals surface area contributed by atoms with Crippen LogP contribution in [0.3, 0.4) is 0 Å². The number of carbonyl (C=O) groups is 1. The second-order valence-corrected chi connectivity index (χ2v) is 11.9. The molecule has 1 amide bonds. The molecule has 0 N–H and O–H groups in total. The smallest absolute Gasteiger partial charge is 0.270 e. The minimum absolute atomic E-state index is 0.123. The Kier molecular flexibility index (Phi) is 9.59. The van der Waals surface area contributed by atoms with Crippen LogP contribution in [0.25, 0.3) is 6.08 Å². The van der Waals surface area contributed by atoms with Gasteiger partial charge in [-0.3, -0.25) is 19.1 Å². The summed E-state index contributed by atoms with van der Waals surface area (Å²) in [7, 11) is 3.19. The predicted octanol–water partition coefficient (Wildman–Crippen LogP) is 5.14. The van der Waals surface area contributed by atoms with Gasteiger partial charge in [-0.1, -0.05) is 43.9 Å². The van der Waals surface area contributed by atoms with Crippen LogP contribution in [-0.2, 0) is 17.8 Å². The average Bonchev–Trinajstić information content (AvgIpc) is 3.21. The molecule has 212 valence electrons. The van der Waals surface area contributed by atoms with E-state index in [1.807, 2.05) is 31.2 Å². The molecular formula is C30H36N4O4S2. The number of amides is 1. The minimum Gasteiger partial charge on any atom is -0.493 e. The first kappa shape index (κ1) is 29.7. The average molecular weight is 581 g/mol. The number of thiocarbonyl (C=S) groups is 1. The van der Waals surface area contributed by atoms with Crippen LogP contribution in [0.4, 0.5) is 5.82 Å². The van der Waals surface area contributed by atoms with Crippen LogP contribution in [0.5, 0.6) is 11.5 Å². The number of methoxy groups -OCH3 is 2. The number of thioether (sulfide) groups is 1. The molecule has 2 aromatic rings. The quantitative estimate of drug-likeness (QED) is 0.298. The fourth-order valence-electron chi connectivity index (χ4n) is 5.40. The number of nitriles is 1. The van der Waals surface area contributed by atoms with Gasteiger partial charge in [0.2, 0.25) is 0 Å². The Balaban J connectivity index is 1.71. The number of anilines is 1. The van der Waals surface area contributed by atoms with Crippen LogP contribution in [-0.4, -0.2) is 53.5 Å². The maximum atomic E-state index is 13.6. The van der Waals surface area contributed by atoms with Gasteiger partial charge in [-0.05, 0) is 67.9 Å². The molecular weight excluding hydrogens is 544 g/mol. The van der Waals surface area contributed by atoms with Gasteiger partial charge in [0.05, 0.1) is 19.1 Å². The Morgan fingerprint density at radius 1 is 1.20 bits per heavy atom. The maximum absolute atomic E-state index is 13.6. The summed E-state index contributed by atoms with van der Waals surface area (Å²) in [5.41, 5.74) is 2.20. The zero-order valence-electron chi connectivity index (χ0n) is 23.8. The zero-order chi connectivity index (χ0) is 29.0. The highest BCUT2D eigenvalue weighted by Crippen LogP contribution is 2.37. The molecule has 1 atom stereocenters. The molecule has 0 aliphatic carbocycles. The topological polar surface area (TPSA) is 87.8 Å². The zero-order valence-corrected chi connectivity index (χ0v) is 25.4. The largest absolute Gasteiger partial charge is 0.493 e. The molecule has 3 heterocycles. The molecule has 1 unspecified atom stereocenters. The highest BCUT2D eigenvalue weighted by Gasteiger charge is 2.33. The first-order chi connectivity index (χ1) is 19.2. The summed E-state index contributed by atoms with van der Waals surface area (Å²) < 4.78 is 13.0. The number of ether oxygens (including phenoxy) is 2. The van der Waals surface area contributed by atoms with Crippen molar-refractivity contribution in [1.29, 1.82) is 5.26 Å². The van der Waals surface area contributed by atoms with Crippen molar-refractivity contribution >= 4 is 46.1 Å². The van der Waals surface area contributed by atoms with Crippen LogP contribution >= 0.6 is 24.0 Å². The Bertz CT molecular complexity index is 1440. The monoisotopic (exact) mass is 580 g/mol. The van der Waals surface area contributed by atoms with E-state index in [2.05, 4.69) is 17.9 Å². The molecule has 10 heteroatoms. The lowest BCUT2D eigenvalue weighted by molar-refractivity contribution is -0.122. The van der Waals surface area contributed by atoms with Crippen LogP contribution in [0.15, 0.2) is 27.9 Å². The molecule has 1 aromatic carbocycles. The molecule has 2 saturated heterocycles. The summed E-state index contributed by atoms with van der Waals surface area (Å²) in [5.74, 6) is 2.40. The van der Waals surface area contributed by atoms with Crippen molar-refractivity contribution in [3.8, 4) is 17.6 Å². The van der Waals surface area contributed by atoms with E-state index >= 15 is 0 Å². The summed E-state index contributed by atoms with van der Waals surface area (Å²) in [5, 5.41) is 9.89. The fourth-order valence-corrected chi connectivity index (χ4v) is 6.69. The first-order valence-corrected chi connectivity index (χ1v) is 14.8. The van der Waals surface area contributed by atoms with E-state index < -0.39 is 0 Å². The van der Waals surface area contributed by atoms with Crippen molar-refractivity contribution in [2.75, 3.05) is 38.8 Å². The number of rotatable bonds is 9. The fraction of sp³-hybridized carbons (Fsp3) is 0.467. The van der Waals surface area contributed by atoms with E-state index in [1.54, 1.807) is 30.6 Å². The van der Waals surface area contributed by atoms with Crippen molar-refractivity contribution in [1.82, 2.24) is 9.47 Å². The number of hydrogen-bond donors (Lipinski definition) is 0. The van der Waals surface area contributed by atoms with E-state index in [4.69, 9.17) is 21.7 Å². The predicted molar refractivity (Wildman–Crippen MR) is 164 cm³/mol. The van der Waals surface area contributed by atoms with Gasteiger partial charge in [0.15, 0.2) is 11.5 Å². The molecule has 0 saturated carbocycles. The summed E-state index contributed by atoms with van der Waals surface area (Å²) in [6.45, 7) is 8.61. The van der Waals surface area contributed by atoms with Gasteiger partial charge in [-0.15, -0.1) is 0 Å². The molecule has 1 aromatic heterocycles. The van der Waals surface area contributed by atoms with Gasteiger partial charge in [-0.25, -0.2) is 0 Å². The second-order valence-electron chi connectivity index (χ2n) is 10.3. The molecule has 4 rings (SSSR count). The lowest BCUT2D eigenvalue weighted by atomic mass is 9.98. The number of piperidine rings is 1. The van der Waals surface area contributed by atoms with Crippen molar-refractivity contribution in [2.24, 2.45) is 5.92 Å². The summed E-state index contributed by atoms with van der Waals surface area (Å²) in [6.07, 6.45) is 5.35. The Morgan fingerprint density at radius 2 is 1.95 bits per heavy atom. The van der Waals surface area contributed by atoms with Crippen molar-refractivity contribution < 1.29 is 14.3 Å². The number of aromatic nitrogens is 1. The van der Waals surface area contributed by atoms with Gasteiger partial charge < -0.3 is 14.4 Å². The number of hydrogen-bond acceptors (Lipinski definition) is 8. The summed E-state index contributed by atoms with van der Waals surface area (Å²) in [4.78, 5) is 31.4. The number of carbonyl (C=O) groups excluding carboxylic acids is 1. The van der Waals surface area contributed by atoms with Crippen LogP contribution < -0.4 is 19.9 Å². The third-order valence-electron chi connectivity index (χ3n) is 7.47. The van der Waals surface area contributed by atoms with Crippen LogP contribution in [0, 0.1) is 24.2 Å². The molecule has 8 nitrogen and oxygen atoms in total. The Hall–Kier alpha value is -3.29. The third kappa shape index (κ3) is 5.91. The highest BCUT2D eigenvalue weighted by molar-refractivity contribution is 8.26. The number of benzene rings is 1. The van der Waals surface area contributed by atoms with Gasteiger partial charge in [0.25, 0.3) is 11.5 Å². The van der Waals surface area contributed by atoms with E-state index in [0.29, 0.717) is 51.7 Å². The van der Waals surface area contributed by atoms with Crippen molar-refractivity contribution in [2.45, 2.75) is 53.0 Å². The molecule has 2 aliphatic rings. The Morgan fingerprint density at radius 3 is 2.60 bits per heavy atom. The minimum atomic E-state index is -0.269. The number of nitrogens with zero attached hydrogens (tertiary/aromatic N) is 4.